The van der Waals surface area contributed by atoms with Crippen LogP contribution in [0.2, 0.25) is 0 Å². The van der Waals surface area contributed by atoms with Crippen molar-refractivity contribution in [2.24, 2.45) is 0 Å². The number of hydrogen-bond donors (Lipinski definition) is 2. The maximum absolute atomic E-state index is 12.8. The lowest BCUT2D eigenvalue weighted by Gasteiger charge is -2.15. The predicted octanol–water partition coefficient (Wildman–Crippen LogP) is 3.73. The van der Waals surface area contributed by atoms with Crippen molar-refractivity contribution in [3.63, 3.8) is 0 Å². The van der Waals surface area contributed by atoms with Crippen LogP contribution in [0, 0.1) is 13.8 Å². The van der Waals surface area contributed by atoms with E-state index in [4.69, 9.17) is 9.47 Å². The van der Waals surface area contributed by atoms with Gasteiger partial charge in [0.05, 0.1) is 17.2 Å². The van der Waals surface area contributed by atoms with Crippen LogP contribution in [0.5, 0.6) is 5.75 Å². The number of aryl methyl sites for hydroxylation is 1. The highest BCUT2D eigenvalue weighted by Gasteiger charge is 2.20. The van der Waals surface area contributed by atoms with Gasteiger partial charge in [-0.15, -0.1) is 0 Å². The van der Waals surface area contributed by atoms with Crippen molar-refractivity contribution in [3.05, 3.63) is 83.2 Å². The molecule has 7 heteroatoms. The maximum atomic E-state index is 12.8. The fourth-order valence-corrected chi connectivity index (χ4v) is 3.95. The Labute approximate surface area is 187 Å². The molecule has 2 amide bonds. The van der Waals surface area contributed by atoms with E-state index in [0.717, 1.165) is 36.5 Å². The average Bonchev–Trinajstić information content (AvgIpc) is 3.44. The second-order valence-electron chi connectivity index (χ2n) is 7.81. The van der Waals surface area contributed by atoms with Crippen LogP contribution in [0.1, 0.15) is 44.9 Å². The first-order valence-corrected chi connectivity index (χ1v) is 10.7. The minimum atomic E-state index is -0.446. The molecule has 166 valence electrons. The number of nitrogens with zero attached hydrogens (tertiary/aromatic N) is 1. The molecule has 2 aromatic carbocycles. The lowest BCUT2D eigenvalue weighted by atomic mass is 10.2. The van der Waals surface area contributed by atoms with Crippen molar-refractivity contribution in [2.45, 2.75) is 32.8 Å². The summed E-state index contributed by atoms with van der Waals surface area (Å²) >= 11 is 0. The molecule has 1 saturated heterocycles. The summed E-state index contributed by atoms with van der Waals surface area (Å²) in [7, 11) is 0. The fourth-order valence-electron chi connectivity index (χ4n) is 3.95. The summed E-state index contributed by atoms with van der Waals surface area (Å²) in [6.45, 7) is 4.96. The van der Waals surface area contributed by atoms with Gasteiger partial charge in [-0.3, -0.25) is 20.4 Å². The standard InChI is InChI=1S/C25H27N3O4/c1-17-15-22(18(2)28(17)19-9-4-3-5-10-19)25(30)27-26-24(29)21-12-6-7-13-23(21)32-16-20-11-8-14-31-20/h3-7,9-10,12-13,15,20H,8,11,14,16H2,1-2H3,(H,26,29)(H,27,30). The van der Waals surface area contributed by atoms with Gasteiger partial charge in [0.1, 0.15) is 12.4 Å². The highest BCUT2D eigenvalue weighted by molar-refractivity contribution is 6.01. The molecule has 1 atom stereocenters. The summed E-state index contributed by atoms with van der Waals surface area (Å²) in [6, 6.07) is 18.6. The third kappa shape index (κ3) is 4.68. The van der Waals surface area contributed by atoms with Crippen LogP contribution in [-0.2, 0) is 4.74 Å². The van der Waals surface area contributed by atoms with Gasteiger partial charge in [-0.2, -0.15) is 0 Å². The Hall–Kier alpha value is -3.58. The molecule has 2 heterocycles. The topological polar surface area (TPSA) is 81.6 Å². The van der Waals surface area contributed by atoms with Crippen LogP contribution in [0.3, 0.4) is 0 Å². The minimum absolute atomic E-state index is 0.0469. The number of hydrogen-bond acceptors (Lipinski definition) is 4. The van der Waals surface area contributed by atoms with E-state index in [1.165, 1.54) is 0 Å². The van der Waals surface area contributed by atoms with Crippen LogP contribution < -0.4 is 15.6 Å². The number of benzene rings is 2. The molecule has 1 unspecified atom stereocenters. The highest BCUT2D eigenvalue weighted by Crippen LogP contribution is 2.22. The number of amides is 2. The molecule has 0 radical (unpaired) electrons. The van der Waals surface area contributed by atoms with Gasteiger partial charge in [0.2, 0.25) is 0 Å². The number of aromatic nitrogens is 1. The SMILES string of the molecule is Cc1cc(C(=O)NNC(=O)c2ccccc2OCC2CCCO2)c(C)n1-c1ccccc1. The zero-order valence-electron chi connectivity index (χ0n) is 18.3. The van der Waals surface area contributed by atoms with E-state index < -0.39 is 5.91 Å². The maximum Gasteiger partial charge on any atom is 0.273 e. The Morgan fingerprint density at radius 3 is 2.41 bits per heavy atom. The molecule has 2 N–H and O–H groups in total. The molecule has 0 saturated carbocycles. The smallest absolute Gasteiger partial charge is 0.273 e. The first-order chi connectivity index (χ1) is 15.5. The van der Waals surface area contributed by atoms with Gasteiger partial charge in [-0.25, -0.2) is 0 Å². The highest BCUT2D eigenvalue weighted by atomic mass is 16.5. The van der Waals surface area contributed by atoms with Crippen LogP contribution in [0.4, 0.5) is 0 Å². The molecule has 7 nitrogen and oxygen atoms in total. The normalized spacial score (nSPS) is 15.4. The lowest BCUT2D eigenvalue weighted by Crippen LogP contribution is -2.42. The van der Waals surface area contributed by atoms with Gasteiger partial charge in [0, 0.05) is 23.7 Å². The zero-order chi connectivity index (χ0) is 22.5. The largest absolute Gasteiger partial charge is 0.490 e. The van der Waals surface area contributed by atoms with E-state index in [1.807, 2.05) is 54.8 Å². The van der Waals surface area contributed by atoms with Crippen molar-refractivity contribution in [1.29, 1.82) is 0 Å². The van der Waals surface area contributed by atoms with Gasteiger partial charge >= 0.3 is 0 Å². The van der Waals surface area contributed by atoms with E-state index in [9.17, 15) is 9.59 Å². The van der Waals surface area contributed by atoms with Crippen molar-refractivity contribution in [3.8, 4) is 11.4 Å². The summed E-state index contributed by atoms with van der Waals surface area (Å²) in [5.41, 5.74) is 8.56. The number of para-hydroxylation sites is 2. The van der Waals surface area contributed by atoms with Crippen LogP contribution in [0.25, 0.3) is 5.69 Å². The monoisotopic (exact) mass is 433 g/mol. The van der Waals surface area contributed by atoms with Crippen LogP contribution in [-0.4, -0.2) is 35.7 Å². The number of nitrogens with one attached hydrogen (secondary N) is 2. The summed E-state index contributed by atoms with van der Waals surface area (Å²) in [6.07, 6.45) is 2.02. The molecule has 1 aromatic heterocycles. The van der Waals surface area contributed by atoms with Gasteiger partial charge in [0.15, 0.2) is 0 Å². The quantitative estimate of drug-likeness (QED) is 0.581. The van der Waals surface area contributed by atoms with Gasteiger partial charge in [-0.1, -0.05) is 30.3 Å². The molecule has 0 aliphatic carbocycles. The molecule has 32 heavy (non-hydrogen) atoms. The van der Waals surface area contributed by atoms with E-state index in [-0.39, 0.29) is 12.0 Å². The second-order valence-corrected chi connectivity index (χ2v) is 7.81. The molecule has 0 spiro atoms. The van der Waals surface area contributed by atoms with Crippen LogP contribution in [0.15, 0.2) is 60.7 Å². The Morgan fingerprint density at radius 1 is 1.00 bits per heavy atom. The Kier molecular flexibility index (Phi) is 6.56. The van der Waals surface area contributed by atoms with Gasteiger partial charge in [0.25, 0.3) is 11.8 Å². The summed E-state index contributed by atoms with van der Waals surface area (Å²) < 4.78 is 13.4. The van der Waals surface area contributed by atoms with Crippen molar-refractivity contribution < 1.29 is 19.1 Å². The average molecular weight is 434 g/mol. The molecular weight excluding hydrogens is 406 g/mol. The molecule has 4 rings (SSSR count). The summed E-state index contributed by atoms with van der Waals surface area (Å²) in [5.74, 6) is -0.374. The molecule has 0 bridgehead atoms. The minimum Gasteiger partial charge on any atom is -0.490 e. The zero-order valence-corrected chi connectivity index (χ0v) is 18.3. The molecule has 3 aromatic rings. The lowest BCUT2D eigenvalue weighted by molar-refractivity contribution is 0.0669. The first-order valence-electron chi connectivity index (χ1n) is 10.7. The number of carbonyl (C=O) groups is 2. The molecule has 1 aliphatic heterocycles. The van der Waals surface area contributed by atoms with E-state index in [2.05, 4.69) is 10.9 Å². The first kappa shape index (κ1) is 21.6. The predicted molar refractivity (Wildman–Crippen MR) is 121 cm³/mol. The van der Waals surface area contributed by atoms with Crippen molar-refractivity contribution >= 4 is 11.8 Å². The van der Waals surface area contributed by atoms with Gasteiger partial charge in [-0.05, 0) is 57.0 Å². The Morgan fingerprint density at radius 2 is 1.69 bits per heavy atom. The second kappa shape index (κ2) is 9.70. The van der Waals surface area contributed by atoms with E-state index in [0.29, 0.717) is 23.5 Å². The number of rotatable bonds is 6. The third-order valence-electron chi connectivity index (χ3n) is 5.56. The Balaban J connectivity index is 1.42. The van der Waals surface area contributed by atoms with E-state index >= 15 is 0 Å². The molecule has 1 fully saturated rings. The van der Waals surface area contributed by atoms with Crippen molar-refractivity contribution in [1.82, 2.24) is 15.4 Å². The summed E-state index contributed by atoms with van der Waals surface area (Å²) in [4.78, 5) is 25.5. The van der Waals surface area contributed by atoms with Gasteiger partial charge < -0.3 is 14.0 Å². The number of carbonyl (C=O) groups excluding carboxylic acids is 2. The fraction of sp³-hybridized carbons (Fsp3) is 0.280. The summed E-state index contributed by atoms with van der Waals surface area (Å²) in [5, 5.41) is 0. The van der Waals surface area contributed by atoms with Crippen molar-refractivity contribution in [2.75, 3.05) is 13.2 Å². The molecular formula is C25H27N3O4. The Bertz CT molecular complexity index is 1100. The van der Waals surface area contributed by atoms with E-state index in [1.54, 1.807) is 24.3 Å². The number of hydrazine groups is 1. The number of ether oxygens (including phenoxy) is 2. The third-order valence-corrected chi connectivity index (χ3v) is 5.56. The van der Waals surface area contributed by atoms with Crippen LogP contribution >= 0.6 is 0 Å². The molecule has 1 aliphatic rings.